The Kier molecular flexibility index (Phi) is 4.64. The number of methoxy groups -OCH3 is 1. The molecule has 1 N–H and O–H groups in total. The number of carbonyl (C=O) groups is 2. The van der Waals surface area contributed by atoms with Crippen molar-refractivity contribution in [2.75, 3.05) is 13.7 Å². The van der Waals surface area contributed by atoms with Crippen LogP contribution in [-0.2, 0) is 19.7 Å². The second-order valence-electron chi connectivity index (χ2n) is 5.02. The molecule has 0 saturated heterocycles. The Hall–Kier alpha value is -1.91. The maximum atomic E-state index is 13.2. The third kappa shape index (κ3) is 3.77. The standard InChI is InChI=1S/C14H18FNO3/c1-9-7-10(5-6-11(9)15)14(2,3)8-16-12(17)13(18)19-4/h5-7H,8H2,1-4H3,(H,16,17). The van der Waals surface area contributed by atoms with Crippen LogP contribution in [0.15, 0.2) is 18.2 Å². The van der Waals surface area contributed by atoms with Crippen LogP contribution < -0.4 is 5.32 Å². The molecule has 5 heteroatoms. The normalized spacial score (nSPS) is 11.0. The molecule has 0 bridgehead atoms. The number of ether oxygens (including phenoxy) is 1. The molecule has 0 radical (unpaired) electrons. The number of hydrogen-bond donors (Lipinski definition) is 1. The zero-order chi connectivity index (χ0) is 14.6. The minimum absolute atomic E-state index is 0.256. The molecular formula is C14H18FNO3. The highest BCUT2D eigenvalue weighted by Gasteiger charge is 2.24. The molecular weight excluding hydrogens is 249 g/mol. The first-order valence-electron chi connectivity index (χ1n) is 5.90. The molecule has 0 heterocycles. The van der Waals surface area contributed by atoms with E-state index in [1.165, 1.54) is 6.07 Å². The molecule has 0 atom stereocenters. The van der Waals surface area contributed by atoms with Crippen molar-refractivity contribution >= 4 is 11.9 Å². The van der Waals surface area contributed by atoms with Crippen LogP contribution in [0.2, 0.25) is 0 Å². The number of benzene rings is 1. The van der Waals surface area contributed by atoms with Crippen LogP contribution in [0.5, 0.6) is 0 Å². The molecule has 1 amide bonds. The van der Waals surface area contributed by atoms with Gasteiger partial charge in [-0.2, -0.15) is 0 Å². The van der Waals surface area contributed by atoms with Gasteiger partial charge < -0.3 is 10.1 Å². The van der Waals surface area contributed by atoms with Crippen molar-refractivity contribution in [1.29, 1.82) is 0 Å². The summed E-state index contributed by atoms with van der Waals surface area (Å²) in [6.45, 7) is 5.74. The SMILES string of the molecule is COC(=O)C(=O)NCC(C)(C)c1ccc(F)c(C)c1. The van der Waals surface area contributed by atoms with Gasteiger partial charge in [-0.15, -0.1) is 0 Å². The largest absolute Gasteiger partial charge is 0.462 e. The lowest BCUT2D eigenvalue weighted by molar-refractivity contribution is -0.152. The van der Waals surface area contributed by atoms with E-state index >= 15 is 0 Å². The number of rotatable bonds is 3. The van der Waals surface area contributed by atoms with Gasteiger partial charge in [0.15, 0.2) is 0 Å². The van der Waals surface area contributed by atoms with E-state index in [0.717, 1.165) is 12.7 Å². The van der Waals surface area contributed by atoms with Gasteiger partial charge in [-0.1, -0.05) is 26.0 Å². The minimum atomic E-state index is -0.925. The molecule has 104 valence electrons. The van der Waals surface area contributed by atoms with Gasteiger partial charge in [-0.25, -0.2) is 9.18 Å². The molecule has 0 aliphatic carbocycles. The van der Waals surface area contributed by atoms with E-state index < -0.39 is 17.3 Å². The zero-order valence-electron chi connectivity index (χ0n) is 11.5. The van der Waals surface area contributed by atoms with Crippen molar-refractivity contribution in [2.45, 2.75) is 26.2 Å². The van der Waals surface area contributed by atoms with Crippen molar-refractivity contribution in [3.8, 4) is 0 Å². The quantitative estimate of drug-likeness (QED) is 0.670. The molecule has 0 fully saturated rings. The molecule has 0 saturated carbocycles. The van der Waals surface area contributed by atoms with Crippen LogP contribution in [-0.4, -0.2) is 25.5 Å². The molecule has 19 heavy (non-hydrogen) atoms. The highest BCUT2D eigenvalue weighted by atomic mass is 19.1. The molecule has 0 aliphatic rings. The second kappa shape index (κ2) is 5.82. The van der Waals surface area contributed by atoms with E-state index in [0.29, 0.717) is 5.56 Å². The van der Waals surface area contributed by atoms with Crippen LogP contribution in [0, 0.1) is 12.7 Å². The maximum Gasteiger partial charge on any atom is 0.396 e. The summed E-state index contributed by atoms with van der Waals surface area (Å²) in [6, 6.07) is 4.81. The van der Waals surface area contributed by atoms with E-state index in [9.17, 15) is 14.0 Å². The Balaban J connectivity index is 2.78. The molecule has 0 aromatic heterocycles. The third-order valence-corrected chi connectivity index (χ3v) is 3.00. The van der Waals surface area contributed by atoms with E-state index in [1.54, 1.807) is 19.1 Å². The molecule has 0 aliphatic heterocycles. The Morgan fingerprint density at radius 1 is 1.37 bits per heavy atom. The van der Waals surface area contributed by atoms with E-state index in [4.69, 9.17) is 0 Å². The van der Waals surface area contributed by atoms with Crippen molar-refractivity contribution in [3.05, 3.63) is 35.1 Å². The fourth-order valence-corrected chi connectivity index (χ4v) is 1.63. The smallest absolute Gasteiger partial charge is 0.396 e. The summed E-state index contributed by atoms with van der Waals surface area (Å²) < 4.78 is 17.5. The van der Waals surface area contributed by atoms with Crippen LogP contribution in [0.25, 0.3) is 0 Å². The molecule has 1 rings (SSSR count). The van der Waals surface area contributed by atoms with Crippen molar-refractivity contribution in [1.82, 2.24) is 5.32 Å². The predicted octanol–water partition coefficient (Wildman–Crippen LogP) is 1.70. The maximum absolute atomic E-state index is 13.2. The van der Waals surface area contributed by atoms with E-state index in [1.807, 2.05) is 13.8 Å². The lowest BCUT2D eigenvalue weighted by Crippen LogP contribution is -2.40. The van der Waals surface area contributed by atoms with Gasteiger partial charge in [0.05, 0.1) is 7.11 Å². The van der Waals surface area contributed by atoms with Crippen LogP contribution >= 0.6 is 0 Å². The van der Waals surface area contributed by atoms with Gasteiger partial charge >= 0.3 is 11.9 Å². The Labute approximate surface area is 112 Å². The van der Waals surface area contributed by atoms with Gasteiger partial charge in [0, 0.05) is 12.0 Å². The fourth-order valence-electron chi connectivity index (χ4n) is 1.63. The zero-order valence-corrected chi connectivity index (χ0v) is 11.5. The van der Waals surface area contributed by atoms with Crippen LogP contribution in [0.1, 0.15) is 25.0 Å². The van der Waals surface area contributed by atoms with Gasteiger partial charge in [-0.05, 0) is 24.1 Å². The molecule has 0 unspecified atom stereocenters. The first kappa shape index (κ1) is 15.1. The summed E-state index contributed by atoms with van der Waals surface area (Å²) in [7, 11) is 1.15. The molecule has 1 aromatic rings. The number of esters is 1. The summed E-state index contributed by atoms with van der Waals surface area (Å²) in [5.41, 5.74) is 1.02. The van der Waals surface area contributed by atoms with Crippen molar-refractivity contribution in [2.24, 2.45) is 0 Å². The lowest BCUT2D eigenvalue weighted by atomic mass is 9.84. The summed E-state index contributed by atoms with van der Waals surface area (Å²) >= 11 is 0. The summed E-state index contributed by atoms with van der Waals surface area (Å²) in [5, 5.41) is 2.50. The number of amides is 1. The van der Waals surface area contributed by atoms with Crippen LogP contribution in [0.3, 0.4) is 0 Å². The average molecular weight is 267 g/mol. The lowest BCUT2D eigenvalue weighted by Gasteiger charge is -2.25. The molecule has 0 spiro atoms. The number of hydrogen-bond acceptors (Lipinski definition) is 3. The van der Waals surface area contributed by atoms with Gasteiger partial charge in [0.25, 0.3) is 0 Å². The first-order chi connectivity index (χ1) is 8.77. The topological polar surface area (TPSA) is 55.4 Å². The van der Waals surface area contributed by atoms with Crippen molar-refractivity contribution < 1.29 is 18.7 Å². The fraction of sp³-hybridized carbons (Fsp3) is 0.429. The van der Waals surface area contributed by atoms with Gasteiger partial charge in [-0.3, -0.25) is 4.79 Å². The average Bonchev–Trinajstić information content (AvgIpc) is 2.38. The minimum Gasteiger partial charge on any atom is -0.462 e. The van der Waals surface area contributed by atoms with Crippen molar-refractivity contribution in [3.63, 3.8) is 0 Å². The number of nitrogens with one attached hydrogen (secondary N) is 1. The highest BCUT2D eigenvalue weighted by Crippen LogP contribution is 2.24. The first-order valence-corrected chi connectivity index (χ1v) is 5.90. The van der Waals surface area contributed by atoms with Crippen LogP contribution in [0.4, 0.5) is 4.39 Å². The predicted molar refractivity (Wildman–Crippen MR) is 69.2 cm³/mol. The summed E-state index contributed by atoms with van der Waals surface area (Å²) in [6.07, 6.45) is 0. The number of aryl methyl sites for hydroxylation is 1. The summed E-state index contributed by atoms with van der Waals surface area (Å²) in [5.74, 6) is -1.97. The van der Waals surface area contributed by atoms with E-state index in [-0.39, 0.29) is 12.4 Å². The molecule has 1 aromatic carbocycles. The van der Waals surface area contributed by atoms with E-state index in [2.05, 4.69) is 10.1 Å². The van der Waals surface area contributed by atoms with Gasteiger partial charge in [0.1, 0.15) is 5.82 Å². The number of halogens is 1. The Bertz CT molecular complexity index is 497. The Morgan fingerprint density at radius 2 is 2.00 bits per heavy atom. The second-order valence-corrected chi connectivity index (χ2v) is 5.02. The Morgan fingerprint density at radius 3 is 2.53 bits per heavy atom. The highest BCUT2D eigenvalue weighted by molar-refractivity contribution is 6.32. The molecule has 4 nitrogen and oxygen atoms in total. The third-order valence-electron chi connectivity index (χ3n) is 3.00. The number of carbonyl (C=O) groups excluding carboxylic acids is 2. The monoisotopic (exact) mass is 267 g/mol. The van der Waals surface area contributed by atoms with Gasteiger partial charge in [0.2, 0.25) is 0 Å². The summed E-state index contributed by atoms with van der Waals surface area (Å²) in [4.78, 5) is 22.3.